The quantitative estimate of drug-likeness (QED) is 0.800. The molecule has 7 nitrogen and oxygen atoms in total. The minimum Gasteiger partial charge on any atom is -0.492 e. The Kier molecular flexibility index (Phi) is 5.39. The van der Waals surface area contributed by atoms with E-state index in [1.54, 1.807) is 4.90 Å². The number of amides is 1. The van der Waals surface area contributed by atoms with E-state index in [2.05, 4.69) is 4.90 Å². The van der Waals surface area contributed by atoms with Crippen molar-refractivity contribution < 1.29 is 19.0 Å². The summed E-state index contributed by atoms with van der Waals surface area (Å²) in [4.78, 5) is 21.1. The lowest BCUT2D eigenvalue weighted by Gasteiger charge is -2.28. The Bertz CT molecular complexity index is 778. The van der Waals surface area contributed by atoms with Crippen LogP contribution in [-0.4, -0.2) is 61.9 Å². The lowest BCUT2D eigenvalue weighted by atomic mass is 10.2. The molecular weight excluding hydrogens is 346 g/mol. The number of benzene rings is 1. The first-order chi connectivity index (χ1) is 13.3. The zero-order valence-corrected chi connectivity index (χ0v) is 15.2. The molecular formula is C20H23N3O4. The second kappa shape index (κ2) is 8.26. The summed E-state index contributed by atoms with van der Waals surface area (Å²) in [5, 5.41) is 0. The largest absolute Gasteiger partial charge is 0.492 e. The van der Waals surface area contributed by atoms with Crippen LogP contribution < -0.4 is 14.4 Å². The van der Waals surface area contributed by atoms with Crippen LogP contribution in [0.1, 0.15) is 5.69 Å². The van der Waals surface area contributed by atoms with Crippen molar-refractivity contribution in [1.29, 1.82) is 0 Å². The van der Waals surface area contributed by atoms with Crippen LogP contribution in [0.2, 0.25) is 0 Å². The molecule has 0 spiro atoms. The lowest BCUT2D eigenvalue weighted by molar-refractivity contribution is -0.133. The van der Waals surface area contributed by atoms with Crippen molar-refractivity contribution in [3.8, 4) is 11.5 Å². The summed E-state index contributed by atoms with van der Waals surface area (Å²) in [6.45, 7) is 4.41. The highest BCUT2D eigenvalue weighted by Gasteiger charge is 2.24. The maximum atomic E-state index is 12.4. The summed E-state index contributed by atoms with van der Waals surface area (Å²) in [6, 6.07) is 13.4. The number of hydrogen-bond acceptors (Lipinski definition) is 6. The van der Waals surface area contributed by atoms with Crippen LogP contribution in [0.4, 0.5) is 5.82 Å². The Labute approximate surface area is 158 Å². The van der Waals surface area contributed by atoms with E-state index in [1.807, 2.05) is 42.5 Å². The normalized spacial score (nSPS) is 17.1. The fourth-order valence-corrected chi connectivity index (χ4v) is 3.18. The molecule has 2 aromatic rings. The van der Waals surface area contributed by atoms with Gasteiger partial charge in [-0.2, -0.15) is 0 Å². The summed E-state index contributed by atoms with van der Waals surface area (Å²) in [7, 11) is 0. The van der Waals surface area contributed by atoms with E-state index in [-0.39, 0.29) is 12.5 Å². The number of morpholine rings is 1. The van der Waals surface area contributed by atoms with Gasteiger partial charge in [0.15, 0.2) is 6.61 Å². The number of nitrogens with zero attached hydrogens (tertiary/aromatic N) is 3. The fourth-order valence-electron chi connectivity index (χ4n) is 3.18. The van der Waals surface area contributed by atoms with Crippen LogP contribution in [0, 0.1) is 0 Å². The van der Waals surface area contributed by atoms with E-state index < -0.39 is 0 Å². The first-order valence-corrected chi connectivity index (χ1v) is 9.20. The topological polar surface area (TPSA) is 64.1 Å². The molecule has 0 unspecified atom stereocenters. The number of carbonyl (C=O) groups is 1. The zero-order valence-electron chi connectivity index (χ0n) is 15.2. The third kappa shape index (κ3) is 4.31. The summed E-state index contributed by atoms with van der Waals surface area (Å²) < 4.78 is 16.8. The molecule has 3 heterocycles. The number of fused-ring (bicyclic) bond motifs is 1. The molecule has 0 radical (unpaired) electrons. The summed E-state index contributed by atoms with van der Waals surface area (Å²) in [5.41, 5.74) is 0.782. The van der Waals surface area contributed by atoms with Gasteiger partial charge in [0.05, 0.1) is 26.3 Å². The molecule has 1 amide bonds. The van der Waals surface area contributed by atoms with Crippen LogP contribution in [-0.2, 0) is 16.1 Å². The molecule has 0 N–H and O–H groups in total. The van der Waals surface area contributed by atoms with Gasteiger partial charge in [0.2, 0.25) is 0 Å². The van der Waals surface area contributed by atoms with Crippen LogP contribution in [0.3, 0.4) is 0 Å². The SMILES string of the molecule is O=C1COc2ccc(N3CCOCC3)nc2CN1CCOc1ccccc1. The average molecular weight is 369 g/mol. The first-order valence-electron chi connectivity index (χ1n) is 9.20. The number of aromatic nitrogens is 1. The molecule has 142 valence electrons. The van der Waals surface area contributed by atoms with Gasteiger partial charge in [-0.1, -0.05) is 18.2 Å². The molecule has 1 aromatic carbocycles. The van der Waals surface area contributed by atoms with E-state index in [4.69, 9.17) is 19.2 Å². The molecule has 2 aliphatic rings. The maximum Gasteiger partial charge on any atom is 0.260 e. The number of ether oxygens (including phenoxy) is 3. The van der Waals surface area contributed by atoms with Gasteiger partial charge in [-0.3, -0.25) is 4.79 Å². The van der Waals surface area contributed by atoms with E-state index >= 15 is 0 Å². The molecule has 0 saturated carbocycles. The second-order valence-corrected chi connectivity index (χ2v) is 6.48. The fraction of sp³-hybridized carbons (Fsp3) is 0.400. The minimum atomic E-state index is -0.0578. The second-order valence-electron chi connectivity index (χ2n) is 6.48. The van der Waals surface area contributed by atoms with Gasteiger partial charge in [0.25, 0.3) is 5.91 Å². The van der Waals surface area contributed by atoms with Crippen molar-refractivity contribution in [1.82, 2.24) is 9.88 Å². The van der Waals surface area contributed by atoms with Crippen LogP contribution in [0.5, 0.6) is 11.5 Å². The Hall–Kier alpha value is -2.80. The number of anilines is 1. The summed E-state index contributed by atoms with van der Waals surface area (Å²) in [6.07, 6.45) is 0. The standard InChI is InChI=1S/C20H23N3O4/c24-20-15-27-18-6-7-19(22-8-11-25-12-9-22)21-17(18)14-23(20)10-13-26-16-4-2-1-3-5-16/h1-7H,8-15H2. The molecule has 27 heavy (non-hydrogen) atoms. The van der Waals surface area contributed by atoms with Crippen LogP contribution >= 0.6 is 0 Å². The smallest absolute Gasteiger partial charge is 0.260 e. The predicted octanol–water partition coefficient (Wildman–Crippen LogP) is 1.72. The number of rotatable bonds is 5. The van der Waals surface area contributed by atoms with Crippen LogP contribution in [0.25, 0.3) is 0 Å². The van der Waals surface area contributed by atoms with E-state index in [9.17, 15) is 4.79 Å². The van der Waals surface area contributed by atoms with Crippen LogP contribution in [0.15, 0.2) is 42.5 Å². The summed E-state index contributed by atoms with van der Waals surface area (Å²) >= 11 is 0. The number of carbonyl (C=O) groups excluding carboxylic acids is 1. The third-order valence-electron chi connectivity index (χ3n) is 4.67. The van der Waals surface area contributed by atoms with E-state index in [1.165, 1.54) is 0 Å². The molecule has 0 bridgehead atoms. The van der Waals surface area contributed by atoms with Gasteiger partial charge < -0.3 is 24.0 Å². The van der Waals surface area contributed by atoms with E-state index in [0.717, 1.165) is 30.4 Å². The minimum absolute atomic E-state index is 0.0247. The zero-order chi connectivity index (χ0) is 18.5. The Morgan fingerprint density at radius 3 is 2.70 bits per heavy atom. The molecule has 2 aliphatic heterocycles. The molecule has 4 rings (SSSR count). The highest BCUT2D eigenvalue weighted by atomic mass is 16.5. The van der Waals surface area contributed by atoms with Crippen molar-refractivity contribution in [3.63, 3.8) is 0 Å². The predicted molar refractivity (Wildman–Crippen MR) is 100 cm³/mol. The molecule has 1 aromatic heterocycles. The maximum absolute atomic E-state index is 12.4. The van der Waals surface area contributed by atoms with Crippen molar-refractivity contribution in [2.75, 3.05) is 51.0 Å². The third-order valence-corrected chi connectivity index (χ3v) is 4.67. The molecule has 1 fully saturated rings. The van der Waals surface area contributed by atoms with Gasteiger partial charge in [-0.25, -0.2) is 4.98 Å². The molecule has 7 heteroatoms. The number of para-hydroxylation sites is 1. The van der Waals surface area contributed by atoms with Gasteiger partial charge in [0, 0.05) is 13.1 Å². The summed E-state index contributed by atoms with van der Waals surface area (Å²) in [5.74, 6) is 2.31. The lowest BCUT2D eigenvalue weighted by Crippen LogP contribution is -2.37. The monoisotopic (exact) mass is 369 g/mol. The highest BCUT2D eigenvalue weighted by Crippen LogP contribution is 2.25. The van der Waals surface area contributed by atoms with Crippen molar-refractivity contribution in [3.05, 3.63) is 48.2 Å². The number of pyridine rings is 1. The van der Waals surface area contributed by atoms with Crippen molar-refractivity contribution >= 4 is 11.7 Å². The highest BCUT2D eigenvalue weighted by molar-refractivity contribution is 5.78. The van der Waals surface area contributed by atoms with Gasteiger partial charge >= 0.3 is 0 Å². The van der Waals surface area contributed by atoms with E-state index in [0.29, 0.717) is 38.7 Å². The van der Waals surface area contributed by atoms with Gasteiger partial charge in [-0.05, 0) is 24.3 Å². The van der Waals surface area contributed by atoms with Crippen molar-refractivity contribution in [2.24, 2.45) is 0 Å². The Morgan fingerprint density at radius 1 is 1.07 bits per heavy atom. The van der Waals surface area contributed by atoms with Gasteiger partial charge in [0.1, 0.15) is 29.6 Å². The first kappa shape index (κ1) is 17.6. The number of hydrogen-bond donors (Lipinski definition) is 0. The van der Waals surface area contributed by atoms with Crippen molar-refractivity contribution in [2.45, 2.75) is 6.54 Å². The average Bonchev–Trinajstić information content (AvgIpc) is 2.88. The molecule has 1 saturated heterocycles. The Balaban J connectivity index is 1.43. The molecule has 0 aliphatic carbocycles. The van der Waals surface area contributed by atoms with Gasteiger partial charge in [-0.15, -0.1) is 0 Å². The Morgan fingerprint density at radius 2 is 1.89 bits per heavy atom. The molecule has 0 atom stereocenters.